The summed E-state index contributed by atoms with van der Waals surface area (Å²) < 4.78 is 7.34. The first-order valence-corrected chi connectivity index (χ1v) is 6.54. The van der Waals surface area contributed by atoms with Crippen molar-refractivity contribution < 1.29 is 14.8 Å². The minimum atomic E-state index is -0.835. The molecule has 1 atom stereocenters. The van der Waals surface area contributed by atoms with E-state index in [2.05, 4.69) is 5.10 Å². The molecule has 0 fully saturated rings. The summed E-state index contributed by atoms with van der Waals surface area (Å²) in [4.78, 5) is 10.3. The van der Waals surface area contributed by atoms with E-state index in [0.29, 0.717) is 24.3 Å². The molecule has 1 unspecified atom stereocenters. The van der Waals surface area contributed by atoms with E-state index in [-0.39, 0.29) is 5.69 Å². The van der Waals surface area contributed by atoms with Crippen LogP contribution in [0.5, 0.6) is 5.75 Å². The first-order valence-electron chi connectivity index (χ1n) is 6.54. The highest BCUT2D eigenvalue weighted by Gasteiger charge is 2.15. The molecule has 0 aliphatic rings. The van der Waals surface area contributed by atoms with Crippen molar-refractivity contribution in [3.63, 3.8) is 0 Å². The summed E-state index contributed by atoms with van der Waals surface area (Å²) in [5.74, 6) is 0.458. The van der Waals surface area contributed by atoms with E-state index in [0.717, 1.165) is 5.56 Å². The highest BCUT2D eigenvalue weighted by atomic mass is 16.6. The van der Waals surface area contributed by atoms with Crippen LogP contribution < -0.4 is 4.74 Å². The number of benzene rings is 1. The lowest BCUT2D eigenvalue weighted by Gasteiger charge is -2.13. The highest BCUT2D eigenvalue weighted by molar-refractivity contribution is 5.44. The lowest BCUT2D eigenvalue weighted by Crippen LogP contribution is -2.05. The number of hydrogen-bond donors (Lipinski definition) is 1. The molecule has 2 aromatic rings. The molecule has 0 bridgehead atoms. The molecule has 0 radical (unpaired) electrons. The number of hydrogen-bond acceptors (Lipinski definition) is 5. The molecular weight excluding hydrogens is 274 g/mol. The van der Waals surface area contributed by atoms with Crippen LogP contribution in [0.2, 0.25) is 0 Å². The number of ether oxygens (including phenoxy) is 1. The van der Waals surface area contributed by atoms with Gasteiger partial charge in [-0.25, -0.2) is 0 Å². The predicted molar refractivity (Wildman–Crippen MR) is 76.1 cm³/mol. The molecule has 1 heterocycles. The summed E-state index contributed by atoms with van der Waals surface area (Å²) in [6, 6.07) is 4.22. The molecular formula is C14H17N3O4. The Morgan fingerprint density at radius 3 is 2.86 bits per heavy atom. The van der Waals surface area contributed by atoms with Crippen LogP contribution in [0.4, 0.5) is 5.69 Å². The number of aliphatic hydroxyl groups excluding tert-OH is 1. The molecule has 7 nitrogen and oxygen atoms in total. The van der Waals surface area contributed by atoms with Gasteiger partial charge in [0.05, 0.1) is 23.8 Å². The van der Waals surface area contributed by atoms with Gasteiger partial charge in [0.1, 0.15) is 5.75 Å². The van der Waals surface area contributed by atoms with Crippen molar-refractivity contribution in [2.24, 2.45) is 7.05 Å². The standard InChI is InChI=1S/C14H17N3O4/c1-10(18)13-7-12(17(19)20)3-4-14(13)21-6-5-11-8-15-16(2)9-11/h3-4,7-10,18H,5-6H2,1-2H3. The molecule has 1 N–H and O–H groups in total. The maximum absolute atomic E-state index is 10.8. The van der Waals surface area contributed by atoms with Gasteiger partial charge >= 0.3 is 0 Å². The first-order chi connectivity index (χ1) is 9.97. The Kier molecular flexibility index (Phi) is 4.54. The largest absolute Gasteiger partial charge is 0.493 e. The molecule has 0 saturated carbocycles. The molecule has 0 aliphatic heterocycles. The fourth-order valence-corrected chi connectivity index (χ4v) is 1.99. The Morgan fingerprint density at radius 2 is 2.29 bits per heavy atom. The molecule has 0 spiro atoms. The molecule has 1 aromatic heterocycles. The van der Waals surface area contributed by atoms with Crippen LogP contribution in [0.25, 0.3) is 0 Å². The number of nitro benzene ring substituents is 1. The molecule has 7 heteroatoms. The predicted octanol–water partition coefficient (Wildman–Crippen LogP) is 2.00. The van der Waals surface area contributed by atoms with E-state index >= 15 is 0 Å². The van der Waals surface area contributed by atoms with E-state index in [1.807, 2.05) is 13.2 Å². The average Bonchev–Trinajstić information content (AvgIpc) is 2.84. The van der Waals surface area contributed by atoms with E-state index in [9.17, 15) is 15.2 Å². The number of aryl methyl sites for hydroxylation is 1. The van der Waals surface area contributed by atoms with Gasteiger partial charge in [0.25, 0.3) is 5.69 Å². The number of nitro groups is 1. The van der Waals surface area contributed by atoms with Gasteiger partial charge in [0.2, 0.25) is 0 Å². The third-order valence-electron chi connectivity index (χ3n) is 3.06. The topological polar surface area (TPSA) is 90.4 Å². The second-order valence-corrected chi connectivity index (χ2v) is 4.78. The first kappa shape index (κ1) is 15.0. The minimum Gasteiger partial charge on any atom is -0.493 e. The zero-order valence-electron chi connectivity index (χ0n) is 11.9. The van der Waals surface area contributed by atoms with Crippen molar-refractivity contribution in [1.29, 1.82) is 0 Å². The number of aliphatic hydroxyl groups is 1. The van der Waals surface area contributed by atoms with Gasteiger partial charge in [-0.1, -0.05) is 0 Å². The van der Waals surface area contributed by atoms with Crippen molar-refractivity contribution in [1.82, 2.24) is 9.78 Å². The summed E-state index contributed by atoms with van der Waals surface area (Å²) in [5.41, 5.74) is 1.39. The van der Waals surface area contributed by atoms with Gasteiger partial charge in [0.15, 0.2) is 0 Å². The minimum absolute atomic E-state index is 0.0643. The quantitative estimate of drug-likeness (QED) is 0.649. The van der Waals surface area contributed by atoms with Gasteiger partial charge in [0, 0.05) is 37.4 Å². The van der Waals surface area contributed by atoms with Crippen LogP contribution in [0.3, 0.4) is 0 Å². The van der Waals surface area contributed by atoms with Gasteiger partial charge in [-0.3, -0.25) is 14.8 Å². The highest BCUT2D eigenvalue weighted by Crippen LogP contribution is 2.29. The summed E-state index contributed by atoms with van der Waals surface area (Å²) in [6.07, 6.45) is 3.49. The van der Waals surface area contributed by atoms with Crippen LogP contribution in [0.15, 0.2) is 30.6 Å². The lowest BCUT2D eigenvalue weighted by atomic mass is 10.1. The van der Waals surface area contributed by atoms with Crippen molar-refractivity contribution in [3.8, 4) is 5.75 Å². The van der Waals surface area contributed by atoms with E-state index in [1.54, 1.807) is 17.8 Å². The smallest absolute Gasteiger partial charge is 0.270 e. The van der Waals surface area contributed by atoms with Crippen molar-refractivity contribution >= 4 is 5.69 Å². The van der Waals surface area contributed by atoms with Gasteiger partial charge in [-0.05, 0) is 18.6 Å². The number of nitrogens with zero attached hydrogens (tertiary/aromatic N) is 3. The van der Waals surface area contributed by atoms with Crippen molar-refractivity contribution in [2.75, 3.05) is 6.61 Å². The number of non-ortho nitro benzene ring substituents is 1. The SMILES string of the molecule is CC(O)c1cc([N+](=O)[O-])ccc1OCCc1cnn(C)c1. The Hall–Kier alpha value is -2.41. The summed E-state index contributed by atoms with van der Waals surface area (Å²) in [7, 11) is 1.84. The Morgan fingerprint density at radius 1 is 1.52 bits per heavy atom. The average molecular weight is 291 g/mol. The van der Waals surface area contributed by atoms with Gasteiger partial charge < -0.3 is 9.84 Å². The Labute approximate surface area is 121 Å². The molecule has 0 saturated heterocycles. The lowest BCUT2D eigenvalue weighted by molar-refractivity contribution is -0.385. The van der Waals surface area contributed by atoms with Crippen LogP contribution in [0, 0.1) is 10.1 Å². The van der Waals surface area contributed by atoms with E-state index in [1.165, 1.54) is 18.2 Å². The molecule has 2 rings (SSSR count). The van der Waals surface area contributed by atoms with Crippen LogP contribution in [-0.4, -0.2) is 26.4 Å². The summed E-state index contributed by atoms with van der Waals surface area (Å²) >= 11 is 0. The molecule has 1 aromatic carbocycles. The maximum Gasteiger partial charge on any atom is 0.270 e. The second kappa shape index (κ2) is 6.36. The molecule has 112 valence electrons. The third kappa shape index (κ3) is 3.79. The van der Waals surface area contributed by atoms with Gasteiger partial charge in [-0.2, -0.15) is 5.10 Å². The molecule has 0 aliphatic carbocycles. The van der Waals surface area contributed by atoms with Crippen LogP contribution in [-0.2, 0) is 13.5 Å². The maximum atomic E-state index is 10.8. The van der Waals surface area contributed by atoms with Crippen LogP contribution in [0.1, 0.15) is 24.2 Å². The Balaban J connectivity index is 2.06. The van der Waals surface area contributed by atoms with E-state index < -0.39 is 11.0 Å². The normalized spacial score (nSPS) is 12.1. The van der Waals surface area contributed by atoms with Crippen molar-refractivity contribution in [3.05, 3.63) is 51.8 Å². The number of rotatable bonds is 6. The monoisotopic (exact) mass is 291 g/mol. The zero-order chi connectivity index (χ0) is 15.4. The fraction of sp³-hybridized carbons (Fsp3) is 0.357. The summed E-state index contributed by atoms with van der Waals surface area (Å²) in [6.45, 7) is 1.95. The fourth-order valence-electron chi connectivity index (χ4n) is 1.99. The molecule has 0 amide bonds. The summed E-state index contributed by atoms with van der Waals surface area (Å²) in [5, 5.41) is 24.5. The van der Waals surface area contributed by atoms with E-state index in [4.69, 9.17) is 4.74 Å². The van der Waals surface area contributed by atoms with Crippen LogP contribution >= 0.6 is 0 Å². The number of aromatic nitrogens is 2. The second-order valence-electron chi connectivity index (χ2n) is 4.78. The van der Waals surface area contributed by atoms with Gasteiger partial charge in [-0.15, -0.1) is 0 Å². The zero-order valence-corrected chi connectivity index (χ0v) is 11.9. The third-order valence-corrected chi connectivity index (χ3v) is 3.06. The molecule has 21 heavy (non-hydrogen) atoms. The van der Waals surface area contributed by atoms with Crippen molar-refractivity contribution in [2.45, 2.75) is 19.4 Å². The Bertz CT molecular complexity index is 637.